The van der Waals surface area contributed by atoms with Crippen LogP contribution in [0.25, 0.3) is 11.0 Å². The highest BCUT2D eigenvalue weighted by Gasteiger charge is 2.26. The van der Waals surface area contributed by atoms with Gasteiger partial charge in [-0.05, 0) is 36.6 Å². The number of aromatic nitrogens is 2. The number of aromatic amines is 1. The molecular weight excluding hydrogens is 318 g/mol. The highest BCUT2D eigenvalue weighted by molar-refractivity contribution is 6.07. The lowest BCUT2D eigenvalue weighted by Crippen LogP contribution is -2.33. The van der Waals surface area contributed by atoms with Crippen LogP contribution in [0, 0.1) is 0 Å². The normalized spacial score (nSPS) is 16.1. The van der Waals surface area contributed by atoms with Gasteiger partial charge in [-0.25, -0.2) is 4.79 Å². The van der Waals surface area contributed by atoms with Crippen molar-refractivity contribution >= 4 is 28.5 Å². The Morgan fingerprint density at radius 2 is 2.08 bits per heavy atom. The third-order valence-corrected chi connectivity index (χ3v) is 4.56. The second-order valence-electron chi connectivity index (χ2n) is 6.05. The quantitative estimate of drug-likeness (QED) is 0.568. The molecule has 2 N–H and O–H groups in total. The number of methoxy groups -OCH3 is 1. The van der Waals surface area contributed by atoms with Gasteiger partial charge in [0, 0.05) is 11.9 Å². The average Bonchev–Trinajstić information content (AvgIpc) is 3.10. The van der Waals surface area contributed by atoms with E-state index in [0.717, 1.165) is 18.5 Å². The zero-order valence-corrected chi connectivity index (χ0v) is 13.7. The number of hydrogen-bond donors (Lipinski definition) is 2. The number of carbonyl (C=O) groups excluding carboxylic acids is 2. The van der Waals surface area contributed by atoms with E-state index in [-0.39, 0.29) is 11.8 Å². The molecule has 0 bridgehead atoms. The Balaban J connectivity index is 1.66. The maximum atomic E-state index is 12.9. The third-order valence-electron chi connectivity index (χ3n) is 4.56. The summed E-state index contributed by atoms with van der Waals surface area (Å²) in [4.78, 5) is 32.0. The van der Waals surface area contributed by atoms with Gasteiger partial charge < -0.3 is 15.0 Å². The lowest BCUT2D eigenvalue weighted by Gasteiger charge is -2.25. The van der Waals surface area contributed by atoms with Crippen molar-refractivity contribution in [1.29, 1.82) is 0 Å². The Morgan fingerprint density at radius 1 is 1.24 bits per heavy atom. The first-order valence-corrected chi connectivity index (χ1v) is 8.12. The van der Waals surface area contributed by atoms with E-state index < -0.39 is 5.97 Å². The molecule has 0 saturated carbocycles. The minimum atomic E-state index is -0.460. The molecule has 3 aromatic rings. The van der Waals surface area contributed by atoms with Gasteiger partial charge in [-0.2, -0.15) is 0 Å². The van der Waals surface area contributed by atoms with Crippen molar-refractivity contribution in [2.45, 2.75) is 18.9 Å². The molecule has 6 heteroatoms. The highest BCUT2D eigenvalue weighted by Crippen LogP contribution is 2.27. The number of Topliss-reactive ketones (excluding diaryl/α,β-unsaturated/α-hetero) is 1. The van der Waals surface area contributed by atoms with Crippen LogP contribution in [0.3, 0.4) is 0 Å². The molecule has 0 spiro atoms. The number of rotatable bonds is 3. The monoisotopic (exact) mass is 335 g/mol. The van der Waals surface area contributed by atoms with Crippen molar-refractivity contribution in [3.05, 3.63) is 59.4 Å². The van der Waals surface area contributed by atoms with Crippen LogP contribution in [0.2, 0.25) is 0 Å². The molecule has 3 heterocycles. The van der Waals surface area contributed by atoms with Gasteiger partial charge in [-0.1, -0.05) is 18.2 Å². The van der Waals surface area contributed by atoms with E-state index in [2.05, 4.69) is 21.4 Å². The van der Waals surface area contributed by atoms with Crippen LogP contribution in [0.4, 0.5) is 5.69 Å². The standard InChI is InChI=1S/C19H17N3O3/c1-25-19(24)12-8-9-20-15-10-16(22-17(12)15)18(23)14-7-6-11-4-2-3-5-13(11)21-14/h2-5,8-10,14,21-22H,6-7H2,1H3. The molecule has 1 atom stereocenters. The Hall–Kier alpha value is -3.15. The van der Waals surface area contributed by atoms with Crippen LogP contribution < -0.4 is 5.32 Å². The molecule has 1 aliphatic rings. The number of benzene rings is 1. The second kappa shape index (κ2) is 6.05. The number of pyridine rings is 1. The summed E-state index contributed by atoms with van der Waals surface area (Å²) in [7, 11) is 1.33. The molecule has 4 rings (SSSR count). The van der Waals surface area contributed by atoms with Crippen molar-refractivity contribution in [2.24, 2.45) is 0 Å². The van der Waals surface area contributed by atoms with Gasteiger partial charge in [-0.15, -0.1) is 0 Å². The van der Waals surface area contributed by atoms with Crippen LogP contribution in [0.1, 0.15) is 32.8 Å². The first-order chi connectivity index (χ1) is 12.2. The molecule has 2 aromatic heterocycles. The average molecular weight is 335 g/mol. The van der Waals surface area contributed by atoms with E-state index in [1.54, 1.807) is 12.1 Å². The summed E-state index contributed by atoms with van der Waals surface area (Å²) in [5.41, 5.74) is 4.12. The van der Waals surface area contributed by atoms with Crippen molar-refractivity contribution in [2.75, 3.05) is 12.4 Å². The van der Waals surface area contributed by atoms with Crippen LogP contribution in [-0.2, 0) is 11.2 Å². The van der Waals surface area contributed by atoms with Gasteiger partial charge in [0.2, 0.25) is 5.78 Å². The topological polar surface area (TPSA) is 84.1 Å². The summed E-state index contributed by atoms with van der Waals surface area (Å²) in [5, 5.41) is 3.31. The van der Waals surface area contributed by atoms with Gasteiger partial charge >= 0.3 is 5.97 Å². The maximum absolute atomic E-state index is 12.9. The van der Waals surface area contributed by atoms with E-state index in [1.165, 1.54) is 18.9 Å². The molecule has 1 unspecified atom stereocenters. The predicted molar refractivity (Wildman–Crippen MR) is 93.9 cm³/mol. The number of ketones is 1. The molecule has 126 valence electrons. The number of H-pyrrole nitrogens is 1. The number of hydrogen-bond acceptors (Lipinski definition) is 5. The van der Waals surface area contributed by atoms with E-state index in [1.807, 2.05) is 18.2 Å². The number of para-hydroxylation sites is 1. The number of carbonyl (C=O) groups is 2. The zero-order chi connectivity index (χ0) is 17.4. The predicted octanol–water partition coefficient (Wildman–Crippen LogP) is 2.96. The maximum Gasteiger partial charge on any atom is 0.340 e. The summed E-state index contributed by atoms with van der Waals surface area (Å²) in [6.07, 6.45) is 3.11. The fraction of sp³-hybridized carbons (Fsp3) is 0.211. The van der Waals surface area contributed by atoms with E-state index in [4.69, 9.17) is 4.74 Å². The minimum absolute atomic E-state index is 0.0386. The Bertz CT molecular complexity index is 977. The van der Waals surface area contributed by atoms with Crippen molar-refractivity contribution in [3.63, 3.8) is 0 Å². The number of esters is 1. The Kier molecular flexibility index (Phi) is 3.72. The third kappa shape index (κ3) is 2.65. The number of fused-ring (bicyclic) bond motifs is 2. The van der Waals surface area contributed by atoms with Gasteiger partial charge in [0.25, 0.3) is 0 Å². The summed E-state index contributed by atoms with van der Waals surface area (Å²) >= 11 is 0. The molecule has 0 amide bonds. The lowest BCUT2D eigenvalue weighted by molar-refractivity contribution is 0.0602. The SMILES string of the molecule is COC(=O)c1ccnc2cc(C(=O)C3CCc4ccccc4N3)[nH]c12. The minimum Gasteiger partial charge on any atom is -0.465 e. The Morgan fingerprint density at radius 3 is 2.92 bits per heavy atom. The molecule has 1 aromatic carbocycles. The van der Waals surface area contributed by atoms with Crippen LogP contribution in [0.5, 0.6) is 0 Å². The van der Waals surface area contributed by atoms with Gasteiger partial charge in [0.05, 0.1) is 35.4 Å². The number of anilines is 1. The molecular formula is C19H17N3O3. The first-order valence-electron chi connectivity index (χ1n) is 8.12. The molecule has 6 nitrogen and oxygen atoms in total. The molecule has 0 radical (unpaired) electrons. The number of nitrogens with zero attached hydrogens (tertiary/aromatic N) is 1. The molecule has 0 fully saturated rings. The van der Waals surface area contributed by atoms with E-state index in [0.29, 0.717) is 22.3 Å². The summed E-state index contributed by atoms with van der Waals surface area (Å²) in [5.74, 6) is -0.499. The summed E-state index contributed by atoms with van der Waals surface area (Å²) in [6.45, 7) is 0. The molecule has 0 aliphatic carbocycles. The summed E-state index contributed by atoms with van der Waals surface area (Å²) < 4.78 is 4.79. The zero-order valence-electron chi connectivity index (χ0n) is 13.7. The van der Waals surface area contributed by atoms with Crippen molar-refractivity contribution < 1.29 is 14.3 Å². The fourth-order valence-corrected chi connectivity index (χ4v) is 3.26. The molecule has 1 aliphatic heterocycles. The number of nitrogens with one attached hydrogen (secondary N) is 2. The van der Waals surface area contributed by atoms with Crippen LogP contribution in [0.15, 0.2) is 42.6 Å². The summed E-state index contributed by atoms with van der Waals surface area (Å²) in [6, 6.07) is 11.0. The highest BCUT2D eigenvalue weighted by atomic mass is 16.5. The fourth-order valence-electron chi connectivity index (χ4n) is 3.26. The number of aryl methyl sites for hydroxylation is 1. The van der Waals surface area contributed by atoms with Crippen molar-refractivity contribution in [3.8, 4) is 0 Å². The number of ether oxygens (including phenoxy) is 1. The lowest BCUT2D eigenvalue weighted by atomic mass is 9.95. The van der Waals surface area contributed by atoms with Gasteiger partial charge in [0.1, 0.15) is 0 Å². The largest absolute Gasteiger partial charge is 0.465 e. The Labute approximate surface area is 144 Å². The first kappa shape index (κ1) is 15.4. The van der Waals surface area contributed by atoms with E-state index in [9.17, 15) is 9.59 Å². The van der Waals surface area contributed by atoms with E-state index >= 15 is 0 Å². The van der Waals surface area contributed by atoms with Crippen LogP contribution in [-0.4, -0.2) is 34.9 Å². The second-order valence-corrected chi connectivity index (χ2v) is 6.05. The van der Waals surface area contributed by atoms with Gasteiger partial charge in [-0.3, -0.25) is 9.78 Å². The molecule has 25 heavy (non-hydrogen) atoms. The van der Waals surface area contributed by atoms with Crippen LogP contribution >= 0.6 is 0 Å². The van der Waals surface area contributed by atoms with Crippen molar-refractivity contribution in [1.82, 2.24) is 9.97 Å². The molecule has 0 saturated heterocycles. The van der Waals surface area contributed by atoms with Gasteiger partial charge in [0.15, 0.2) is 0 Å². The smallest absolute Gasteiger partial charge is 0.340 e.